The minimum Gasteiger partial charge on any atom is -0.303 e. The van der Waals surface area contributed by atoms with Crippen LogP contribution >= 0.6 is 0 Å². The predicted octanol–water partition coefficient (Wildman–Crippen LogP) is 0.618. The number of nitrogens with one attached hydrogen (secondary N) is 1. The monoisotopic (exact) mass is 195 g/mol. The average molecular weight is 195 g/mol. The molecule has 78 valence electrons. The molecule has 1 saturated heterocycles. The van der Waals surface area contributed by atoms with Gasteiger partial charge in [-0.05, 0) is 49.3 Å². The van der Waals surface area contributed by atoms with Crippen LogP contribution in [0.2, 0.25) is 0 Å². The van der Waals surface area contributed by atoms with Crippen LogP contribution in [0.4, 0.5) is 0 Å². The van der Waals surface area contributed by atoms with Gasteiger partial charge in [0.05, 0.1) is 0 Å². The third kappa shape index (κ3) is 2.77. The van der Waals surface area contributed by atoms with E-state index in [0.717, 1.165) is 18.7 Å². The van der Waals surface area contributed by atoms with E-state index in [1.54, 1.807) is 0 Å². The van der Waals surface area contributed by atoms with Crippen LogP contribution in [0.1, 0.15) is 31.5 Å². The summed E-state index contributed by atoms with van der Waals surface area (Å²) < 4.78 is 0. The molecule has 1 N–H and O–H groups in total. The molecule has 0 aliphatic carbocycles. The first-order valence-electron chi connectivity index (χ1n) is 5.40. The molecule has 1 aromatic rings. The largest absolute Gasteiger partial charge is 0.303 e. The first kappa shape index (κ1) is 9.58. The summed E-state index contributed by atoms with van der Waals surface area (Å²) in [4.78, 5) is 2.54. The lowest BCUT2D eigenvalue weighted by Gasteiger charge is -2.25. The highest BCUT2D eigenvalue weighted by molar-refractivity contribution is 4.76. The molecule has 14 heavy (non-hydrogen) atoms. The summed E-state index contributed by atoms with van der Waals surface area (Å²) in [5.74, 6) is 0.905. The third-order valence-corrected chi connectivity index (χ3v) is 2.73. The summed E-state index contributed by atoms with van der Waals surface area (Å²) >= 11 is 0. The fraction of sp³-hybridized carbons (Fsp3) is 0.889. The molecule has 0 saturated carbocycles. The lowest BCUT2D eigenvalue weighted by atomic mass is 10.1. The summed E-state index contributed by atoms with van der Waals surface area (Å²) in [5, 5.41) is 13.8. The maximum atomic E-state index is 3.86. The Balaban J connectivity index is 1.62. The van der Waals surface area contributed by atoms with Crippen LogP contribution in [-0.4, -0.2) is 45.2 Å². The van der Waals surface area contributed by atoms with Crippen molar-refractivity contribution in [2.24, 2.45) is 0 Å². The second-order valence-electron chi connectivity index (χ2n) is 3.85. The van der Waals surface area contributed by atoms with Gasteiger partial charge in [-0.25, -0.2) is 5.10 Å². The first-order valence-corrected chi connectivity index (χ1v) is 5.40. The molecule has 0 amide bonds. The predicted molar refractivity (Wildman–Crippen MR) is 52.8 cm³/mol. The average Bonchev–Trinajstić information content (AvgIpc) is 2.72. The van der Waals surface area contributed by atoms with Crippen LogP contribution in [0.3, 0.4) is 0 Å². The van der Waals surface area contributed by atoms with Crippen molar-refractivity contribution in [3.05, 3.63) is 5.82 Å². The molecule has 1 aromatic heterocycles. The quantitative estimate of drug-likeness (QED) is 0.765. The second-order valence-corrected chi connectivity index (χ2v) is 3.85. The first-order chi connectivity index (χ1) is 6.95. The van der Waals surface area contributed by atoms with Gasteiger partial charge in [-0.15, -0.1) is 5.10 Å². The SMILES string of the molecule is C1CCN(CCCc2nnn[nH]2)CC1. The fourth-order valence-electron chi connectivity index (χ4n) is 1.94. The van der Waals surface area contributed by atoms with E-state index >= 15 is 0 Å². The van der Waals surface area contributed by atoms with Gasteiger partial charge in [0.2, 0.25) is 0 Å². The number of nitrogens with zero attached hydrogens (tertiary/aromatic N) is 4. The van der Waals surface area contributed by atoms with Crippen LogP contribution in [0.5, 0.6) is 0 Å². The van der Waals surface area contributed by atoms with Gasteiger partial charge in [-0.2, -0.15) is 0 Å². The van der Waals surface area contributed by atoms with E-state index in [4.69, 9.17) is 0 Å². The maximum absolute atomic E-state index is 3.86. The second kappa shape index (κ2) is 5.05. The Labute approximate surface area is 83.9 Å². The summed E-state index contributed by atoms with van der Waals surface area (Å²) in [6.07, 6.45) is 6.25. The van der Waals surface area contributed by atoms with Gasteiger partial charge < -0.3 is 4.90 Å². The lowest BCUT2D eigenvalue weighted by Crippen LogP contribution is -2.30. The van der Waals surface area contributed by atoms with Crippen molar-refractivity contribution in [2.75, 3.05) is 19.6 Å². The van der Waals surface area contributed by atoms with Crippen LogP contribution in [0.15, 0.2) is 0 Å². The topological polar surface area (TPSA) is 57.7 Å². The van der Waals surface area contributed by atoms with E-state index in [1.807, 2.05) is 0 Å². The number of hydrogen-bond donors (Lipinski definition) is 1. The van der Waals surface area contributed by atoms with Crippen LogP contribution in [-0.2, 0) is 6.42 Å². The van der Waals surface area contributed by atoms with E-state index in [9.17, 15) is 0 Å². The van der Waals surface area contributed by atoms with E-state index in [0.29, 0.717) is 0 Å². The van der Waals surface area contributed by atoms with Crippen molar-refractivity contribution in [3.63, 3.8) is 0 Å². The zero-order valence-electron chi connectivity index (χ0n) is 8.45. The molecule has 0 atom stereocenters. The van der Waals surface area contributed by atoms with Gasteiger partial charge in [-0.1, -0.05) is 6.42 Å². The number of tetrazole rings is 1. The molecular formula is C9H17N5. The highest BCUT2D eigenvalue weighted by Gasteiger charge is 2.09. The Hall–Kier alpha value is -0.970. The van der Waals surface area contributed by atoms with E-state index < -0.39 is 0 Å². The summed E-state index contributed by atoms with van der Waals surface area (Å²) in [6, 6.07) is 0. The van der Waals surface area contributed by atoms with Crippen molar-refractivity contribution in [1.29, 1.82) is 0 Å². The molecule has 0 bridgehead atoms. The Morgan fingerprint density at radius 3 is 2.79 bits per heavy atom. The molecule has 5 heteroatoms. The molecule has 1 aliphatic heterocycles. The zero-order valence-corrected chi connectivity index (χ0v) is 8.45. The highest BCUT2D eigenvalue weighted by atomic mass is 15.5. The number of aromatic amines is 1. The molecule has 0 aromatic carbocycles. The number of aryl methyl sites for hydroxylation is 1. The van der Waals surface area contributed by atoms with Crippen molar-refractivity contribution >= 4 is 0 Å². The van der Waals surface area contributed by atoms with Crippen LogP contribution < -0.4 is 0 Å². The minimum atomic E-state index is 0.905. The van der Waals surface area contributed by atoms with Crippen molar-refractivity contribution < 1.29 is 0 Å². The Kier molecular flexibility index (Phi) is 3.45. The number of hydrogen-bond acceptors (Lipinski definition) is 4. The Morgan fingerprint density at radius 2 is 2.07 bits per heavy atom. The molecule has 1 aliphatic rings. The highest BCUT2D eigenvalue weighted by Crippen LogP contribution is 2.09. The van der Waals surface area contributed by atoms with Crippen molar-refractivity contribution in [2.45, 2.75) is 32.1 Å². The van der Waals surface area contributed by atoms with Gasteiger partial charge in [0.25, 0.3) is 0 Å². The molecule has 0 unspecified atom stereocenters. The van der Waals surface area contributed by atoms with E-state index in [1.165, 1.54) is 38.9 Å². The number of piperidine rings is 1. The smallest absolute Gasteiger partial charge is 0.148 e. The van der Waals surface area contributed by atoms with E-state index in [-0.39, 0.29) is 0 Å². The Morgan fingerprint density at radius 1 is 1.21 bits per heavy atom. The molecular weight excluding hydrogens is 178 g/mol. The summed E-state index contributed by atoms with van der Waals surface area (Å²) in [6.45, 7) is 3.73. The number of H-pyrrole nitrogens is 1. The maximum Gasteiger partial charge on any atom is 0.148 e. The van der Waals surface area contributed by atoms with Crippen LogP contribution in [0, 0.1) is 0 Å². The van der Waals surface area contributed by atoms with Crippen molar-refractivity contribution in [1.82, 2.24) is 25.5 Å². The molecule has 2 heterocycles. The van der Waals surface area contributed by atoms with Gasteiger partial charge in [0.1, 0.15) is 5.82 Å². The zero-order chi connectivity index (χ0) is 9.64. The Bertz CT molecular complexity index is 240. The van der Waals surface area contributed by atoms with Gasteiger partial charge in [0, 0.05) is 6.42 Å². The number of rotatable bonds is 4. The van der Waals surface area contributed by atoms with Crippen LogP contribution in [0.25, 0.3) is 0 Å². The molecule has 1 fully saturated rings. The minimum absolute atomic E-state index is 0.905. The number of likely N-dealkylation sites (tertiary alicyclic amines) is 1. The molecule has 2 rings (SSSR count). The van der Waals surface area contributed by atoms with Gasteiger partial charge in [0.15, 0.2) is 0 Å². The summed E-state index contributed by atoms with van der Waals surface area (Å²) in [5.41, 5.74) is 0. The lowest BCUT2D eigenvalue weighted by molar-refractivity contribution is 0.226. The van der Waals surface area contributed by atoms with Gasteiger partial charge >= 0.3 is 0 Å². The van der Waals surface area contributed by atoms with E-state index in [2.05, 4.69) is 25.5 Å². The normalized spacial score (nSPS) is 18.6. The molecule has 0 radical (unpaired) electrons. The summed E-state index contributed by atoms with van der Waals surface area (Å²) in [7, 11) is 0. The molecule has 5 nitrogen and oxygen atoms in total. The van der Waals surface area contributed by atoms with Gasteiger partial charge in [-0.3, -0.25) is 0 Å². The third-order valence-electron chi connectivity index (χ3n) is 2.73. The van der Waals surface area contributed by atoms with Crippen molar-refractivity contribution in [3.8, 4) is 0 Å². The molecule has 0 spiro atoms. The number of aromatic nitrogens is 4. The fourth-order valence-corrected chi connectivity index (χ4v) is 1.94. The standard InChI is InChI=1S/C9H17N5/c1-2-6-14(7-3-1)8-4-5-9-10-12-13-11-9/h1-8H2,(H,10,11,12,13).